The summed E-state index contributed by atoms with van der Waals surface area (Å²) in [6.07, 6.45) is 3.50. The standard InChI is InChI=1S/C5H5N.C2H5BO2/c1-2-4-6-5-3-1;1-2-3(4)5/h1-5H;2,4-5H,1H2. The monoisotopic (exact) mass is 151 g/mol. The van der Waals surface area contributed by atoms with E-state index >= 15 is 0 Å². The highest BCUT2D eigenvalue weighted by atomic mass is 16.4. The summed E-state index contributed by atoms with van der Waals surface area (Å²) in [5, 5.41) is 15.6. The highest BCUT2D eigenvalue weighted by Crippen LogP contribution is 1.73. The number of hydrogen-bond acceptors (Lipinski definition) is 3. The molecule has 0 saturated carbocycles. The Morgan fingerprint density at radius 3 is 1.73 bits per heavy atom. The van der Waals surface area contributed by atoms with E-state index in [-0.39, 0.29) is 0 Å². The number of rotatable bonds is 1. The second kappa shape index (κ2) is 6.99. The third kappa shape index (κ3) is 8.87. The van der Waals surface area contributed by atoms with Crippen molar-refractivity contribution in [2.75, 3.05) is 0 Å². The normalized spacial score (nSPS) is 7.45. The van der Waals surface area contributed by atoms with Gasteiger partial charge in [-0.15, -0.1) is 6.58 Å². The summed E-state index contributed by atoms with van der Waals surface area (Å²) in [6, 6.07) is 5.72. The number of hydrogen-bond donors (Lipinski definition) is 2. The fourth-order valence-electron chi connectivity index (χ4n) is 0.313. The van der Waals surface area contributed by atoms with Crippen LogP contribution in [0.5, 0.6) is 0 Å². The molecule has 0 atom stereocenters. The molecular formula is C7H10BNO2. The zero-order valence-corrected chi connectivity index (χ0v) is 6.09. The van der Waals surface area contributed by atoms with Gasteiger partial charge in [-0.25, -0.2) is 0 Å². The lowest BCUT2D eigenvalue weighted by atomic mass is 9.94. The van der Waals surface area contributed by atoms with Gasteiger partial charge in [-0.1, -0.05) is 12.0 Å². The van der Waals surface area contributed by atoms with Crippen molar-refractivity contribution in [3.05, 3.63) is 43.1 Å². The van der Waals surface area contributed by atoms with Crippen LogP contribution in [0.3, 0.4) is 0 Å². The van der Waals surface area contributed by atoms with Gasteiger partial charge in [0.25, 0.3) is 0 Å². The van der Waals surface area contributed by atoms with Gasteiger partial charge in [-0.2, -0.15) is 0 Å². The molecule has 0 fully saturated rings. The summed E-state index contributed by atoms with van der Waals surface area (Å²) in [6.45, 7) is 3.06. The third-order valence-electron chi connectivity index (χ3n) is 0.777. The molecule has 0 aliphatic rings. The highest BCUT2D eigenvalue weighted by molar-refractivity contribution is 6.47. The Bertz CT molecular complexity index is 152. The molecule has 1 heterocycles. The van der Waals surface area contributed by atoms with Crippen molar-refractivity contribution < 1.29 is 10.0 Å². The topological polar surface area (TPSA) is 53.4 Å². The summed E-state index contributed by atoms with van der Waals surface area (Å²) in [5.41, 5.74) is 0. The average molecular weight is 151 g/mol. The predicted octanol–water partition coefficient (Wildman–Crippen LogP) is 0.266. The van der Waals surface area contributed by atoms with E-state index in [1.54, 1.807) is 12.4 Å². The summed E-state index contributed by atoms with van der Waals surface area (Å²) in [5.74, 6) is 1.03. The summed E-state index contributed by atoms with van der Waals surface area (Å²) >= 11 is 0. The fraction of sp³-hybridized carbons (Fsp3) is 0. The van der Waals surface area contributed by atoms with Crippen LogP contribution in [0, 0.1) is 0 Å². The first-order chi connectivity index (χ1) is 5.27. The van der Waals surface area contributed by atoms with Crippen LogP contribution in [-0.2, 0) is 0 Å². The molecule has 1 rings (SSSR count). The minimum Gasteiger partial charge on any atom is -0.424 e. The first kappa shape index (κ1) is 9.87. The highest BCUT2D eigenvalue weighted by Gasteiger charge is 1.92. The van der Waals surface area contributed by atoms with Gasteiger partial charge in [-0.3, -0.25) is 4.98 Å². The smallest absolute Gasteiger partial charge is 0.424 e. The molecule has 0 aliphatic heterocycles. The van der Waals surface area contributed by atoms with Crippen molar-refractivity contribution in [3.63, 3.8) is 0 Å². The molecule has 2 N–H and O–H groups in total. The number of pyridine rings is 1. The van der Waals surface area contributed by atoms with Crippen molar-refractivity contribution in [2.24, 2.45) is 0 Å². The third-order valence-corrected chi connectivity index (χ3v) is 0.777. The van der Waals surface area contributed by atoms with Crippen LogP contribution in [0.15, 0.2) is 43.1 Å². The average Bonchev–Trinajstić information content (AvgIpc) is 2.09. The Balaban J connectivity index is 0.000000187. The van der Waals surface area contributed by atoms with Crippen LogP contribution in [0.25, 0.3) is 0 Å². The van der Waals surface area contributed by atoms with Crippen molar-refractivity contribution in [1.29, 1.82) is 0 Å². The van der Waals surface area contributed by atoms with Gasteiger partial charge in [0.05, 0.1) is 0 Å². The van der Waals surface area contributed by atoms with E-state index < -0.39 is 7.12 Å². The van der Waals surface area contributed by atoms with Crippen molar-refractivity contribution >= 4 is 7.12 Å². The molecular weight excluding hydrogens is 141 g/mol. The maximum absolute atomic E-state index is 7.80. The van der Waals surface area contributed by atoms with Crippen LogP contribution in [-0.4, -0.2) is 22.2 Å². The molecule has 0 spiro atoms. The maximum Gasteiger partial charge on any atom is 0.480 e. The SMILES string of the molecule is C=CB(O)O.c1ccncc1. The zero-order valence-electron chi connectivity index (χ0n) is 6.09. The molecule has 0 aromatic carbocycles. The lowest BCUT2D eigenvalue weighted by Gasteiger charge is -1.75. The van der Waals surface area contributed by atoms with Crippen LogP contribution in [0.2, 0.25) is 0 Å². The maximum atomic E-state index is 7.80. The van der Waals surface area contributed by atoms with Crippen molar-refractivity contribution in [1.82, 2.24) is 4.98 Å². The van der Waals surface area contributed by atoms with Gasteiger partial charge in [0.2, 0.25) is 0 Å². The van der Waals surface area contributed by atoms with Crippen molar-refractivity contribution in [2.45, 2.75) is 0 Å². The molecule has 1 aromatic heterocycles. The predicted molar refractivity (Wildman–Crippen MR) is 44.6 cm³/mol. The van der Waals surface area contributed by atoms with Gasteiger partial charge < -0.3 is 10.0 Å². The van der Waals surface area contributed by atoms with E-state index in [9.17, 15) is 0 Å². The molecule has 1 aromatic rings. The minimum atomic E-state index is -1.35. The lowest BCUT2D eigenvalue weighted by molar-refractivity contribution is 0.424. The van der Waals surface area contributed by atoms with E-state index in [1.807, 2.05) is 18.2 Å². The van der Waals surface area contributed by atoms with Crippen LogP contribution in [0.4, 0.5) is 0 Å². The van der Waals surface area contributed by atoms with Crippen LogP contribution in [0.1, 0.15) is 0 Å². The van der Waals surface area contributed by atoms with Gasteiger partial charge in [-0.05, 0) is 12.1 Å². The Morgan fingerprint density at radius 1 is 1.18 bits per heavy atom. The van der Waals surface area contributed by atoms with Gasteiger partial charge in [0.1, 0.15) is 0 Å². The molecule has 0 saturated heterocycles. The summed E-state index contributed by atoms with van der Waals surface area (Å²) in [7, 11) is -1.35. The first-order valence-electron chi connectivity index (χ1n) is 3.11. The van der Waals surface area contributed by atoms with Crippen molar-refractivity contribution in [3.8, 4) is 0 Å². The Labute approximate surface area is 66.2 Å². The number of nitrogens with zero attached hydrogens (tertiary/aromatic N) is 1. The molecule has 0 amide bonds. The fourth-order valence-corrected chi connectivity index (χ4v) is 0.313. The van der Waals surface area contributed by atoms with E-state index in [1.165, 1.54) is 0 Å². The number of aromatic nitrogens is 1. The quantitative estimate of drug-likeness (QED) is 0.566. The Hall–Kier alpha value is -1.13. The zero-order chi connectivity index (χ0) is 8.53. The Morgan fingerprint density at radius 2 is 1.64 bits per heavy atom. The summed E-state index contributed by atoms with van der Waals surface area (Å²) < 4.78 is 0. The van der Waals surface area contributed by atoms with Gasteiger partial charge in [0.15, 0.2) is 0 Å². The molecule has 58 valence electrons. The minimum absolute atomic E-state index is 1.03. The van der Waals surface area contributed by atoms with Gasteiger partial charge in [0, 0.05) is 12.4 Å². The molecule has 0 radical (unpaired) electrons. The molecule has 11 heavy (non-hydrogen) atoms. The van der Waals surface area contributed by atoms with E-state index in [2.05, 4.69) is 11.6 Å². The van der Waals surface area contributed by atoms with E-state index in [0.717, 1.165) is 5.98 Å². The molecule has 4 heteroatoms. The van der Waals surface area contributed by atoms with E-state index in [4.69, 9.17) is 10.0 Å². The Kier molecular flexibility index (Phi) is 6.27. The van der Waals surface area contributed by atoms with Crippen LogP contribution >= 0.6 is 0 Å². The largest absolute Gasteiger partial charge is 0.480 e. The lowest BCUT2D eigenvalue weighted by Crippen LogP contribution is -2.03. The summed E-state index contributed by atoms with van der Waals surface area (Å²) in [4.78, 5) is 3.78. The second-order valence-corrected chi connectivity index (χ2v) is 1.67. The molecule has 0 aliphatic carbocycles. The molecule has 0 bridgehead atoms. The second-order valence-electron chi connectivity index (χ2n) is 1.67. The van der Waals surface area contributed by atoms with E-state index in [0.29, 0.717) is 0 Å². The molecule has 0 unspecified atom stereocenters. The first-order valence-corrected chi connectivity index (χ1v) is 3.11. The molecule has 3 nitrogen and oxygen atoms in total. The van der Waals surface area contributed by atoms with Gasteiger partial charge >= 0.3 is 7.12 Å². The van der Waals surface area contributed by atoms with Crippen LogP contribution < -0.4 is 0 Å².